The number of carbonyl (C=O) groups is 1. The standard InChI is InChI=1S/C13H17NO4S/c1-7-12(15)14-13(19-7)11-9(17-3)5-8(16-2)6-10(11)18-4/h5-7,13H,1-4H3,(H,14,15)/t7-,13+/m0/s1. The Balaban J connectivity index is 2.46. The fourth-order valence-corrected chi connectivity index (χ4v) is 3.13. The lowest BCUT2D eigenvalue weighted by Crippen LogP contribution is -2.22. The van der Waals surface area contributed by atoms with E-state index in [2.05, 4.69) is 5.32 Å². The van der Waals surface area contributed by atoms with Gasteiger partial charge in [-0.25, -0.2) is 0 Å². The average Bonchev–Trinajstić information content (AvgIpc) is 2.76. The van der Waals surface area contributed by atoms with Gasteiger partial charge in [-0.05, 0) is 6.92 Å². The van der Waals surface area contributed by atoms with Crippen molar-refractivity contribution in [3.05, 3.63) is 17.7 Å². The summed E-state index contributed by atoms with van der Waals surface area (Å²) in [6.45, 7) is 1.88. The van der Waals surface area contributed by atoms with Gasteiger partial charge in [-0.3, -0.25) is 4.79 Å². The summed E-state index contributed by atoms with van der Waals surface area (Å²) in [5.41, 5.74) is 0.827. The quantitative estimate of drug-likeness (QED) is 0.915. The topological polar surface area (TPSA) is 56.8 Å². The van der Waals surface area contributed by atoms with E-state index in [1.807, 2.05) is 6.92 Å². The molecule has 0 radical (unpaired) electrons. The third-order valence-corrected chi connectivity index (χ3v) is 4.25. The van der Waals surface area contributed by atoms with Crippen LogP contribution in [-0.2, 0) is 4.79 Å². The first-order chi connectivity index (χ1) is 9.10. The Morgan fingerprint density at radius 1 is 1.11 bits per heavy atom. The van der Waals surface area contributed by atoms with Crippen LogP contribution in [0.15, 0.2) is 12.1 Å². The van der Waals surface area contributed by atoms with Gasteiger partial charge in [0.25, 0.3) is 0 Å². The van der Waals surface area contributed by atoms with Crippen molar-refractivity contribution in [2.45, 2.75) is 17.5 Å². The number of ether oxygens (including phenoxy) is 3. The second-order valence-electron chi connectivity index (χ2n) is 4.11. The molecule has 0 spiro atoms. The Labute approximate surface area is 116 Å². The van der Waals surface area contributed by atoms with Gasteiger partial charge in [-0.15, -0.1) is 11.8 Å². The number of carbonyl (C=O) groups excluding carboxylic acids is 1. The fourth-order valence-electron chi connectivity index (χ4n) is 1.98. The number of amides is 1. The maximum Gasteiger partial charge on any atom is 0.234 e. The summed E-state index contributed by atoms with van der Waals surface area (Å²) in [4.78, 5) is 11.6. The van der Waals surface area contributed by atoms with Crippen molar-refractivity contribution in [2.75, 3.05) is 21.3 Å². The van der Waals surface area contributed by atoms with E-state index >= 15 is 0 Å². The average molecular weight is 283 g/mol. The smallest absolute Gasteiger partial charge is 0.234 e. The monoisotopic (exact) mass is 283 g/mol. The molecule has 1 N–H and O–H groups in total. The second-order valence-corrected chi connectivity index (χ2v) is 5.56. The number of hydrogen-bond donors (Lipinski definition) is 1. The lowest BCUT2D eigenvalue weighted by atomic mass is 10.1. The van der Waals surface area contributed by atoms with Crippen molar-refractivity contribution in [1.82, 2.24) is 5.32 Å². The summed E-state index contributed by atoms with van der Waals surface area (Å²) >= 11 is 1.54. The highest BCUT2D eigenvalue weighted by Crippen LogP contribution is 2.45. The molecule has 5 nitrogen and oxygen atoms in total. The van der Waals surface area contributed by atoms with Gasteiger partial charge < -0.3 is 19.5 Å². The molecule has 1 aliphatic heterocycles. The summed E-state index contributed by atoms with van der Waals surface area (Å²) in [5, 5.41) is 2.68. The normalized spacial score (nSPS) is 22.0. The van der Waals surface area contributed by atoms with Crippen LogP contribution in [0.1, 0.15) is 17.9 Å². The molecule has 1 aromatic rings. The predicted molar refractivity (Wildman–Crippen MR) is 74.0 cm³/mol. The van der Waals surface area contributed by atoms with Gasteiger partial charge in [-0.1, -0.05) is 0 Å². The lowest BCUT2D eigenvalue weighted by molar-refractivity contribution is -0.119. The highest BCUT2D eigenvalue weighted by molar-refractivity contribution is 8.01. The van der Waals surface area contributed by atoms with E-state index in [0.29, 0.717) is 17.2 Å². The van der Waals surface area contributed by atoms with E-state index in [1.54, 1.807) is 33.5 Å². The largest absolute Gasteiger partial charge is 0.496 e. The molecule has 0 aliphatic carbocycles. The molecule has 2 atom stereocenters. The Bertz CT molecular complexity index is 467. The van der Waals surface area contributed by atoms with Crippen LogP contribution in [0.3, 0.4) is 0 Å². The minimum Gasteiger partial charge on any atom is -0.496 e. The van der Waals surface area contributed by atoms with Crippen molar-refractivity contribution in [3.63, 3.8) is 0 Å². The van der Waals surface area contributed by atoms with Gasteiger partial charge in [0.1, 0.15) is 22.6 Å². The minimum absolute atomic E-state index is 0.0231. The molecule has 1 saturated heterocycles. The summed E-state index contributed by atoms with van der Waals surface area (Å²) in [6.07, 6.45) is 0. The van der Waals surface area contributed by atoms with Crippen molar-refractivity contribution in [3.8, 4) is 17.2 Å². The number of rotatable bonds is 4. The fraction of sp³-hybridized carbons (Fsp3) is 0.462. The molecule has 0 unspecified atom stereocenters. The van der Waals surface area contributed by atoms with Crippen LogP contribution in [-0.4, -0.2) is 32.5 Å². The first kappa shape index (κ1) is 13.9. The highest BCUT2D eigenvalue weighted by Gasteiger charge is 2.34. The maximum atomic E-state index is 11.6. The number of nitrogens with one attached hydrogen (secondary N) is 1. The van der Waals surface area contributed by atoms with Gasteiger partial charge in [0.05, 0.1) is 32.1 Å². The van der Waals surface area contributed by atoms with Crippen LogP contribution in [0.5, 0.6) is 17.2 Å². The molecular formula is C13H17NO4S. The van der Waals surface area contributed by atoms with Crippen molar-refractivity contribution in [1.29, 1.82) is 0 Å². The predicted octanol–water partition coefficient (Wildman–Crippen LogP) is 1.96. The Kier molecular flexibility index (Phi) is 4.09. The first-order valence-corrected chi connectivity index (χ1v) is 6.80. The molecule has 1 amide bonds. The summed E-state index contributed by atoms with van der Waals surface area (Å²) in [7, 11) is 4.76. The zero-order chi connectivity index (χ0) is 14.0. The van der Waals surface area contributed by atoms with Gasteiger partial charge in [0, 0.05) is 12.1 Å². The van der Waals surface area contributed by atoms with Crippen molar-refractivity contribution < 1.29 is 19.0 Å². The highest BCUT2D eigenvalue weighted by atomic mass is 32.2. The van der Waals surface area contributed by atoms with Crippen LogP contribution < -0.4 is 19.5 Å². The third kappa shape index (κ3) is 2.58. The van der Waals surface area contributed by atoms with Gasteiger partial charge in [0.2, 0.25) is 5.91 Å². The van der Waals surface area contributed by atoms with Crippen molar-refractivity contribution in [2.24, 2.45) is 0 Å². The zero-order valence-corrected chi connectivity index (χ0v) is 12.2. The molecule has 6 heteroatoms. The Morgan fingerprint density at radius 3 is 2.05 bits per heavy atom. The summed E-state index contributed by atoms with van der Waals surface area (Å²) in [5.74, 6) is 1.96. The zero-order valence-electron chi connectivity index (χ0n) is 11.4. The van der Waals surface area contributed by atoms with E-state index in [-0.39, 0.29) is 16.5 Å². The molecule has 19 heavy (non-hydrogen) atoms. The van der Waals surface area contributed by atoms with Crippen LogP contribution in [0, 0.1) is 0 Å². The van der Waals surface area contributed by atoms with E-state index < -0.39 is 0 Å². The van der Waals surface area contributed by atoms with E-state index in [9.17, 15) is 4.79 Å². The van der Waals surface area contributed by atoms with Crippen LogP contribution in [0.4, 0.5) is 0 Å². The Hall–Kier alpha value is -1.56. The maximum absolute atomic E-state index is 11.6. The summed E-state index contributed by atoms with van der Waals surface area (Å²) in [6, 6.07) is 3.57. The minimum atomic E-state index is -0.168. The Morgan fingerprint density at radius 2 is 1.68 bits per heavy atom. The molecule has 1 fully saturated rings. The molecule has 104 valence electrons. The molecule has 0 aromatic heterocycles. The molecule has 1 heterocycles. The molecular weight excluding hydrogens is 266 g/mol. The number of hydrogen-bond acceptors (Lipinski definition) is 5. The van der Waals surface area contributed by atoms with Gasteiger partial charge >= 0.3 is 0 Å². The van der Waals surface area contributed by atoms with E-state index in [4.69, 9.17) is 14.2 Å². The molecule has 1 aromatic carbocycles. The summed E-state index contributed by atoms with van der Waals surface area (Å²) < 4.78 is 16.0. The molecule has 1 aliphatic rings. The second kappa shape index (κ2) is 5.61. The van der Waals surface area contributed by atoms with Gasteiger partial charge in [-0.2, -0.15) is 0 Å². The SMILES string of the molecule is COc1cc(OC)c([C@@H]2NC(=O)[C@H](C)S2)c(OC)c1. The lowest BCUT2D eigenvalue weighted by Gasteiger charge is -2.19. The van der Waals surface area contributed by atoms with Crippen LogP contribution >= 0.6 is 11.8 Å². The molecule has 2 rings (SSSR count). The van der Waals surface area contributed by atoms with E-state index in [0.717, 1.165) is 5.56 Å². The van der Waals surface area contributed by atoms with Gasteiger partial charge in [0.15, 0.2) is 0 Å². The van der Waals surface area contributed by atoms with Crippen LogP contribution in [0.25, 0.3) is 0 Å². The third-order valence-electron chi connectivity index (χ3n) is 3.00. The number of methoxy groups -OCH3 is 3. The molecule has 0 saturated carbocycles. The molecule has 0 bridgehead atoms. The van der Waals surface area contributed by atoms with E-state index in [1.165, 1.54) is 11.8 Å². The number of thioether (sulfide) groups is 1. The number of benzene rings is 1. The van der Waals surface area contributed by atoms with Crippen molar-refractivity contribution >= 4 is 17.7 Å². The first-order valence-electron chi connectivity index (χ1n) is 5.86. The van der Waals surface area contributed by atoms with Crippen LogP contribution in [0.2, 0.25) is 0 Å².